The summed E-state index contributed by atoms with van der Waals surface area (Å²) in [5.41, 5.74) is 5.44. The first kappa shape index (κ1) is 19.8. The van der Waals surface area contributed by atoms with Crippen LogP contribution in [0.3, 0.4) is 0 Å². The topological polar surface area (TPSA) is 97.1 Å². The molecule has 1 rings (SSSR count). The van der Waals surface area contributed by atoms with Crippen LogP contribution in [0.5, 0.6) is 0 Å². The number of amides is 2. The van der Waals surface area contributed by atoms with E-state index in [4.69, 9.17) is 5.73 Å². The third-order valence-electron chi connectivity index (χ3n) is 2.38. The number of carbonyl (C=O) groups is 2. The van der Waals surface area contributed by atoms with Gasteiger partial charge >= 0.3 is 0 Å². The standard InChI is InChI=1S/C13H22N4O2S.ClH/c1-8(11(18)17-13(2,3)4)15-12(19)9-7-20-10(16-9)5-6-14;/h7-8H,5-6,14H2,1-4H3,(H,15,19)(H,17,18);1H. The molecular weight excluding hydrogens is 312 g/mol. The van der Waals surface area contributed by atoms with E-state index in [0.29, 0.717) is 18.7 Å². The summed E-state index contributed by atoms with van der Waals surface area (Å²) < 4.78 is 0. The van der Waals surface area contributed by atoms with Crippen molar-refractivity contribution in [3.8, 4) is 0 Å². The van der Waals surface area contributed by atoms with Gasteiger partial charge in [-0.15, -0.1) is 23.7 Å². The summed E-state index contributed by atoms with van der Waals surface area (Å²) in [5.74, 6) is -0.565. The van der Waals surface area contributed by atoms with E-state index in [1.807, 2.05) is 20.8 Å². The molecule has 6 nitrogen and oxygen atoms in total. The minimum Gasteiger partial charge on any atom is -0.350 e. The van der Waals surface area contributed by atoms with E-state index in [0.717, 1.165) is 5.01 Å². The molecule has 0 fully saturated rings. The fourth-order valence-electron chi connectivity index (χ4n) is 1.47. The van der Waals surface area contributed by atoms with Crippen molar-refractivity contribution in [2.24, 2.45) is 5.73 Å². The van der Waals surface area contributed by atoms with Crippen molar-refractivity contribution in [3.63, 3.8) is 0 Å². The number of rotatable bonds is 5. The summed E-state index contributed by atoms with van der Waals surface area (Å²) >= 11 is 1.40. The van der Waals surface area contributed by atoms with E-state index in [2.05, 4.69) is 15.6 Å². The van der Waals surface area contributed by atoms with Gasteiger partial charge in [0.2, 0.25) is 5.91 Å². The second-order valence-corrected chi connectivity index (χ2v) is 6.54. The fraction of sp³-hybridized carbons (Fsp3) is 0.615. The Morgan fingerprint density at radius 1 is 1.43 bits per heavy atom. The predicted octanol–water partition coefficient (Wildman–Crippen LogP) is 1.10. The van der Waals surface area contributed by atoms with Crippen LogP contribution in [0.15, 0.2) is 5.38 Å². The Kier molecular flexibility index (Phi) is 7.84. The summed E-state index contributed by atoms with van der Waals surface area (Å²) in [6.07, 6.45) is 0.651. The lowest BCUT2D eigenvalue weighted by atomic mass is 10.1. The highest BCUT2D eigenvalue weighted by molar-refractivity contribution is 7.09. The molecule has 0 aliphatic rings. The van der Waals surface area contributed by atoms with Gasteiger partial charge in [-0.05, 0) is 34.2 Å². The highest BCUT2D eigenvalue weighted by Crippen LogP contribution is 2.10. The first-order chi connectivity index (χ1) is 9.23. The lowest BCUT2D eigenvalue weighted by Crippen LogP contribution is -2.50. The van der Waals surface area contributed by atoms with Crippen LogP contribution in [0.1, 0.15) is 43.2 Å². The molecule has 0 aliphatic heterocycles. The Balaban J connectivity index is 0.00000400. The third kappa shape index (κ3) is 6.88. The molecule has 1 aromatic rings. The lowest BCUT2D eigenvalue weighted by Gasteiger charge is -2.23. The van der Waals surface area contributed by atoms with Crippen molar-refractivity contribution in [1.29, 1.82) is 0 Å². The van der Waals surface area contributed by atoms with Crippen molar-refractivity contribution in [1.82, 2.24) is 15.6 Å². The second kappa shape index (κ2) is 8.31. The molecule has 0 aliphatic carbocycles. The van der Waals surface area contributed by atoms with E-state index in [9.17, 15) is 9.59 Å². The van der Waals surface area contributed by atoms with E-state index in [-0.39, 0.29) is 29.8 Å². The maximum atomic E-state index is 12.0. The molecule has 21 heavy (non-hydrogen) atoms. The summed E-state index contributed by atoms with van der Waals surface area (Å²) in [5, 5.41) is 7.95. The van der Waals surface area contributed by atoms with Crippen LogP contribution in [-0.2, 0) is 11.2 Å². The van der Waals surface area contributed by atoms with Gasteiger partial charge in [0.1, 0.15) is 11.7 Å². The molecule has 8 heteroatoms. The van der Waals surface area contributed by atoms with E-state index in [1.54, 1.807) is 12.3 Å². The molecule has 0 aromatic carbocycles. The second-order valence-electron chi connectivity index (χ2n) is 5.60. The maximum absolute atomic E-state index is 12.0. The quantitative estimate of drug-likeness (QED) is 0.751. The molecule has 120 valence electrons. The monoisotopic (exact) mass is 334 g/mol. The molecule has 1 unspecified atom stereocenters. The number of hydrogen-bond acceptors (Lipinski definition) is 5. The Morgan fingerprint density at radius 2 is 2.05 bits per heavy atom. The molecule has 1 atom stereocenters. The van der Waals surface area contributed by atoms with Crippen LogP contribution in [0, 0.1) is 0 Å². The number of halogens is 1. The zero-order valence-electron chi connectivity index (χ0n) is 12.7. The minimum absolute atomic E-state index is 0. The molecule has 2 amide bonds. The van der Waals surface area contributed by atoms with Gasteiger partial charge in [-0.2, -0.15) is 0 Å². The number of nitrogens with zero attached hydrogens (tertiary/aromatic N) is 1. The van der Waals surface area contributed by atoms with Crippen LogP contribution in [-0.4, -0.2) is 34.9 Å². The number of aromatic nitrogens is 1. The van der Waals surface area contributed by atoms with Crippen molar-refractivity contribution in [2.45, 2.75) is 45.7 Å². The van der Waals surface area contributed by atoms with Gasteiger partial charge < -0.3 is 16.4 Å². The Bertz CT molecular complexity index is 485. The highest BCUT2D eigenvalue weighted by atomic mass is 35.5. The van der Waals surface area contributed by atoms with Crippen molar-refractivity contribution >= 4 is 35.6 Å². The average molecular weight is 335 g/mol. The summed E-state index contributed by atoms with van der Waals surface area (Å²) in [4.78, 5) is 28.0. The van der Waals surface area contributed by atoms with Gasteiger partial charge in [-0.1, -0.05) is 0 Å². The number of thiazole rings is 1. The van der Waals surface area contributed by atoms with Crippen LogP contribution < -0.4 is 16.4 Å². The highest BCUT2D eigenvalue weighted by Gasteiger charge is 2.22. The van der Waals surface area contributed by atoms with Crippen LogP contribution in [0.2, 0.25) is 0 Å². The Labute approximate surface area is 135 Å². The van der Waals surface area contributed by atoms with Gasteiger partial charge in [0.25, 0.3) is 5.91 Å². The smallest absolute Gasteiger partial charge is 0.271 e. The predicted molar refractivity (Wildman–Crippen MR) is 86.9 cm³/mol. The number of nitrogens with one attached hydrogen (secondary N) is 2. The maximum Gasteiger partial charge on any atom is 0.271 e. The molecule has 0 saturated heterocycles. The average Bonchev–Trinajstić information content (AvgIpc) is 2.75. The first-order valence-electron chi connectivity index (χ1n) is 6.50. The summed E-state index contributed by atoms with van der Waals surface area (Å²) in [6, 6.07) is -0.610. The zero-order valence-corrected chi connectivity index (χ0v) is 14.4. The molecule has 0 bridgehead atoms. The molecule has 1 aromatic heterocycles. The van der Waals surface area contributed by atoms with E-state index in [1.165, 1.54) is 11.3 Å². The first-order valence-corrected chi connectivity index (χ1v) is 7.38. The summed E-state index contributed by atoms with van der Waals surface area (Å²) in [6.45, 7) is 7.81. The zero-order chi connectivity index (χ0) is 15.3. The van der Waals surface area contributed by atoms with Gasteiger partial charge in [0, 0.05) is 17.3 Å². The molecule has 1 heterocycles. The number of nitrogens with two attached hydrogens (primary N) is 1. The molecule has 4 N–H and O–H groups in total. The molecular formula is C13H23ClN4O2S. The van der Waals surface area contributed by atoms with Gasteiger partial charge in [0.05, 0.1) is 5.01 Å². The molecule has 0 spiro atoms. The number of carbonyl (C=O) groups excluding carboxylic acids is 2. The minimum atomic E-state index is -0.610. The lowest BCUT2D eigenvalue weighted by molar-refractivity contribution is -0.124. The summed E-state index contributed by atoms with van der Waals surface area (Å²) in [7, 11) is 0. The van der Waals surface area contributed by atoms with Crippen LogP contribution in [0.4, 0.5) is 0 Å². The molecule has 0 radical (unpaired) electrons. The molecule has 0 saturated carbocycles. The Morgan fingerprint density at radius 3 is 2.57 bits per heavy atom. The van der Waals surface area contributed by atoms with E-state index < -0.39 is 6.04 Å². The van der Waals surface area contributed by atoms with Crippen molar-refractivity contribution in [3.05, 3.63) is 16.1 Å². The van der Waals surface area contributed by atoms with Gasteiger partial charge in [0.15, 0.2) is 0 Å². The normalized spacial score (nSPS) is 12.2. The van der Waals surface area contributed by atoms with Crippen molar-refractivity contribution < 1.29 is 9.59 Å². The van der Waals surface area contributed by atoms with Crippen LogP contribution in [0.25, 0.3) is 0 Å². The van der Waals surface area contributed by atoms with E-state index >= 15 is 0 Å². The SMILES string of the molecule is CC(NC(=O)c1csc(CCN)n1)C(=O)NC(C)(C)C.Cl. The van der Waals surface area contributed by atoms with Gasteiger partial charge in [-0.25, -0.2) is 4.98 Å². The third-order valence-corrected chi connectivity index (χ3v) is 3.29. The number of hydrogen-bond donors (Lipinski definition) is 3. The largest absolute Gasteiger partial charge is 0.350 e. The Hall–Kier alpha value is -1.18. The van der Waals surface area contributed by atoms with Crippen molar-refractivity contribution in [2.75, 3.05) is 6.54 Å². The van der Waals surface area contributed by atoms with Gasteiger partial charge in [-0.3, -0.25) is 9.59 Å². The van der Waals surface area contributed by atoms with Crippen LogP contribution >= 0.6 is 23.7 Å². The fourth-order valence-corrected chi connectivity index (χ4v) is 2.26.